The van der Waals surface area contributed by atoms with Gasteiger partial charge in [0.05, 0.1) is 11.0 Å². The molecule has 0 amide bonds. The van der Waals surface area contributed by atoms with Gasteiger partial charge in [-0.1, -0.05) is 0 Å². The first kappa shape index (κ1) is 9.13. The average molecular weight is 208 g/mol. The molecule has 1 N–H and O–H groups in total. The Hall–Kier alpha value is -2.44. The maximum Gasteiger partial charge on any atom is 0.427 e. The fourth-order valence-corrected chi connectivity index (χ4v) is 1.14. The van der Waals surface area contributed by atoms with Crippen LogP contribution in [-0.4, -0.2) is 10.2 Å². The summed E-state index contributed by atoms with van der Waals surface area (Å²) in [5.74, 6) is 0. The zero-order valence-corrected chi connectivity index (χ0v) is 7.41. The number of hydrogen-bond acceptors (Lipinski definition) is 4. The molecule has 0 aliphatic heterocycles. The van der Waals surface area contributed by atoms with Crippen LogP contribution in [0.15, 0.2) is 39.8 Å². The smallest absolute Gasteiger partial charge is 0.283 e. The van der Waals surface area contributed by atoms with Crippen LogP contribution < -0.4 is 10.3 Å². The van der Waals surface area contributed by atoms with Crippen molar-refractivity contribution < 1.29 is 14.1 Å². The minimum absolute atomic E-state index is 0.0537. The summed E-state index contributed by atoms with van der Waals surface area (Å²) in [4.78, 5) is 20.7. The molecule has 1 aromatic carbocycles. The van der Waals surface area contributed by atoms with Gasteiger partial charge in [0, 0.05) is 12.1 Å². The van der Waals surface area contributed by atoms with Crippen molar-refractivity contribution in [2.24, 2.45) is 0 Å². The normalized spacial score (nSPS) is 10.1. The number of nitrogens with zero attached hydrogens (tertiary/aromatic N) is 2. The van der Waals surface area contributed by atoms with Crippen molar-refractivity contribution in [2.75, 3.05) is 0 Å². The number of non-ortho nitro benzene ring substituents is 1. The zero-order valence-electron chi connectivity index (χ0n) is 7.41. The number of hydrogen-bond donors (Lipinski definition) is 1. The molecule has 1 heterocycles. The Kier molecular flexibility index (Phi) is 2.05. The third kappa shape index (κ3) is 1.75. The standard InChI is InChI=1S/C8H5N3O4/c12-8-5-10(9-15-8)6-2-1-3-7(4-6)11(13)14/h1-5H/p+1. The number of aromatic nitrogens is 2. The fourth-order valence-electron chi connectivity index (χ4n) is 1.14. The van der Waals surface area contributed by atoms with E-state index in [1.807, 2.05) is 0 Å². The molecule has 7 nitrogen and oxygen atoms in total. The van der Waals surface area contributed by atoms with E-state index in [1.165, 1.54) is 22.9 Å². The number of aromatic amines is 1. The predicted octanol–water partition coefficient (Wildman–Crippen LogP) is 0.153. The van der Waals surface area contributed by atoms with Crippen LogP contribution in [0.25, 0.3) is 5.69 Å². The van der Waals surface area contributed by atoms with Gasteiger partial charge in [0.1, 0.15) is 0 Å². The van der Waals surface area contributed by atoms with Gasteiger partial charge in [-0.2, -0.15) is 0 Å². The molecule has 2 aromatic rings. The Morgan fingerprint density at radius 2 is 2.27 bits per heavy atom. The zero-order chi connectivity index (χ0) is 10.8. The highest BCUT2D eigenvalue weighted by Gasteiger charge is 2.14. The molecule has 7 heteroatoms. The van der Waals surface area contributed by atoms with Gasteiger partial charge < -0.3 is 0 Å². The SMILES string of the molecule is O=c1c[n+](-c2cccc([N+](=O)[O-])c2)[nH]o1. The first-order chi connectivity index (χ1) is 7.16. The summed E-state index contributed by atoms with van der Waals surface area (Å²) in [7, 11) is 0. The molecular weight excluding hydrogens is 202 g/mol. The highest BCUT2D eigenvalue weighted by molar-refractivity contribution is 5.37. The molecule has 1 aromatic heterocycles. The van der Waals surface area contributed by atoms with Gasteiger partial charge in [-0.3, -0.25) is 14.6 Å². The number of rotatable bonds is 2. The third-order valence-electron chi connectivity index (χ3n) is 1.80. The minimum Gasteiger partial charge on any atom is -0.283 e. The van der Waals surface area contributed by atoms with E-state index in [-0.39, 0.29) is 5.69 Å². The lowest BCUT2D eigenvalue weighted by atomic mass is 10.3. The van der Waals surface area contributed by atoms with Crippen LogP contribution in [0, 0.1) is 10.1 Å². The number of benzene rings is 1. The van der Waals surface area contributed by atoms with Crippen LogP contribution in [-0.2, 0) is 0 Å². The summed E-state index contributed by atoms with van der Waals surface area (Å²) in [5.41, 5.74) is -0.154. The van der Waals surface area contributed by atoms with E-state index in [2.05, 4.69) is 9.79 Å². The fraction of sp³-hybridized carbons (Fsp3) is 0. The quantitative estimate of drug-likeness (QED) is 0.432. The van der Waals surface area contributed by atoms with E-state index in [0.29, 0.717) is 5.69 Å². The minimum atomic E-state index is -0.554. The van der Waals surface area contributed by atoms with Gasteiger partial charge in [0.2, 0.25) is 5.69 Å². The lowest BCUT2D eigenvalue weighted by Crippen LogP contribution is -2.32. The summed E-state index contributed by atoms with van der Waals surface area (Å²) in [6.45, 7) is 0. The van der Waals surface area contributed by atoms with Crippen LogP contribution in [0.1, 0.15) is 0 Å². The number of nitro groups is 1. The largest absolute Gasteiger partial charge is 0.427 e. The van der Waals surface area contributed by atoms with Crippen LogP contribution in [0.3, 0.4) is 0 Å². The first-order valence-corrected chi connectivity index (χ1v) is 4.02. The molecule has 15 heavy (non-hydrogen) atoms. The van der Waals surface area contributed by atoms with E-state index in [0.717, 1.165) is 6.20 Å². The van der Waals surface area contributed by atoms with Crippen molar-refractivity contribution in [1.82, 2.24) is 5.27 Å². The van der Waals surface area contributed by atoms with Gasteiger partial charge in [-0.15, -0.1) is 0 Å². The van der Waals surface area contributed by atoms with Crippen LogP contribution >= 0.6 is 0 Å². The van der Waals surface area contributed by atoms with Gasteiger partial charge in [0.25, 0.3) is 11.9 Å². The average Bonchev–Trinajstić information content (AvgIpc) is 2.65. The van der Waals surface area contributed by atoms with Gasteiger partial charge in [-0.05, 0) is 16.0 Å². The van der Waals surface area contributed by atoms with E-state index < -0.39 is 10.5 Å². The Morgan fingerprint density at radius 1 is 1.47 bits per heavy atom. The Morgan fingerprint density at radius 3 is 2.87 bits per heavy atom. The Bertz CT molecular complexity index is 557. The second kappa shape index (κ2) is 3.37. The molecule has 0 bridgehead atoms. The van der Waals surface area contributed by atoms with Gasteiger partial charge >= 0.3 is 5.63 Å². The highest BCUT2D eigenvalue weighted by Crippen LogP contribution is 2.11. The molecule has 0 fully saturated rings. The van der Waals surface area contributed by atoms with Crippen molar-refractivity contribution in [2.45, 2.75) is 0 Å². The molecule has 0 unspecified atom stereocenters. The first-order valence-electron chi connectivity index (χ1n) is 4.02. The predicted molar refractivity (Wildman–Crippen MR) is 47.5 cm³/mol. The number of nitrogens with one attached hydrogen (secondary N) is 1. The molecular formula is C8H6N3O4+. The molecule has 0 saturated carbocycles. The second-order valence-electron chi connectivity index (χ2n) is 2.79. The molecule has 0 aliphatic carbocycles. The van der Waals surface area contributed by atoms with E-state index in [1.54, 1.807) is 6.07 Å². The Labute approximate surface area is 82.7 Å². The topological polar surface area (TPSA) is 93.0 Å². The second-order valence-corrected chi connectivity index (χ2v) is 2.79. The number of H-pyrrole nitrogens is 1. The summed E-state index contributed by atoms with van der Waals surface area (Å²) in [5, 5.41) is 12.8. The lowest BCUT2D eigenvalue weighted by Gasteiger charge is -1.90. The molecule has 0 aliphatic rings. The number of nitro benzene ring substituents is 1. The highest BCUT2D eigenvalue weighted by atomic mass is 16.6. The summed E-state index contributed by atoms with van der Waals surface area (Å²) >= 11 is 0. The molecule has 0 atom stereocenters. The summed E-state index contributed by atoms with van der Waals surface area (Å²) < 4.78 is 5.69. The van der Waals surface area contributed by atoms with Crippen LogP contribution in [0.5, 0.6) is 0 Å². The van der Waals surface area contributed by atoms with Crippen LogP contribution in [0.2, 0.25) is 0 Å². The van der Waals surface area contributed by atoms with E-state index in [9.17, 15) is 14.9 Å². The molecule has 0 saturated heterocycles. The monoisotopic (exact) mass is 208 g/mol. The summed E-state index contributed by atoms with van der Waals surface area (Å²) in [6, 6.07) is 5.82. The Balaban J connectivity index is 2.49. The van der Waals surface area contributed by atoms with Crippen molar-refractivity contribution in [3.63, 3.8) is 0 Å². The molecule has 0 radical (unpaired) electrons. The van der Waals surface area contributed by atoms with E-state index in [4.69, 9.17) is 0 Å². The molecule has 2 rings (SSSR count). The maximum atomic E-state index is 10.7. The van der Waals surface area contributed by atoms with Crippen molar-refractivity contribution in [1.29, 1.82) is 0 Å². The molecule has 0 spiro atoms. The summed E-state index contributed by atoms with van der Waals surface area (Å²) in [6.07, 6.45) is 1.15. The lowest BCUT2D eigenvalue weighted by molar-refractivity contribution is -0.670. The third-order valence-corrected chi connectivity index (χ3v) is 1.80. The molecule has 76 valence electrons. The van der Waals surface area contributed by atoms with Crippen molar-refractivity contribution in [3.8, 4) is 5.69 Å². The maximum absolute atomic E-state index is 10.7. The van der Waals surface area contributed by atoms with Gasteiger partial charge in [-0.25, -0.2) is 4.79 Å². The van der Waals surface area contributed by atoms with Crippen LogP contribution in [0.4, 0.5) is 5.69 Å². The van der Waals surface area contributed by atoms with E-state index >= 15 is 0 Å². The van der Waals surface area contributed by atoms with Crippen molar-refractivity contribution >= 4 is 5.69 Å². The van der Waals surface area contributed by atoms with Gasteiger partial charge in [0.15, 0.2) is 0 Å². The van der Waals surface area contributed by atoms with Crippen molar-refractivity contribution in [3.05, 3.63) is 51.0 Å².